The van der Waals surface area contributed by atoms with E-state index in [2.05, 4.69) is 55.7 Å². The number of hydrogen-bond donors (Lipinski definition) is 3. The average molecular weight is 318 g/mol. The molecule has 4 nitrogen and oxygen atoms in total. The van der Waals surface area contributed by atoms with Crippen LogP contribution in [0, 0.1) is 0 Å². The second-order valence-electron chi connectivity index (χ2n) is 7.48. The van der Waals surface area contributed by atoms with E-state index in [9.17, 15) is 9.90 Å². The Bertz CT molecular complexity index is 493. The largest absolute Gasteiger partial charge is 0.393 e. The molecule has 1 unspecified atom stereocenters. The second-order valence-corrected chi connectivity index (χ2v) is 7.48. The van der Waals surface area contributed by atoms with E-state index < -0.39 is 0 Å². The molecule has 1 saturated carbocycles. The summed E-state index contributed by atoms with van der Waals surface area (Å²) in [5.41, 5.74) is 1.30. The Kier molecular flexibility index (Phi) is 6.05. The maximum atomic E-state index is 12.1. The van der Waals surface area contributed by atoms with E-state index in [0.717, 1.165) is 32.1 Å². The Morgan fingerprint density at radius 2 is 1.83 bits per heavy atom. The van der Waals surface area contributed by atoms with Crippen LogP contribution in [0.3, 0.4) is 0 Å². The number of carbonyl (C=O) groups excluding carboxylic acids is 1. The Morgan fingerprint density at radius 3 is 2.43 bits per heavy atom. The lowest BCUT2D eigenvalue weighted by Crippen LogP contribution is -2.47. The van der Waals surface area contributed by atoms with Gasteiger partial charge in [-0.2, -0.15) is 0 Å². The van der Waals surface area contributed by atoms with E-state index in [0.29, 0.717) is 0 Å². The molecule has 2 rings (SSSR count). The van der Waals surface area contributed by atoms with Gasteiger partial charge in [-0.1, -0.05) is 44.2 Å². The van der Waals surface area contributed by atoms with Gasteiger partial charge >= 0.3 is 6.03 Å². The normalized spacial score (nSPS) is 23.1. The fourth-order valence-electron chi connectivity index (χ4n) is 3.49. The van der Waals surface area contributed by atoms with Crippen LogP contribution in [0.5, 0.6) is 0 Å². The summed E-state index contributed by atoms with van der Waals surface area (Å²) in [7, 11) is 0. The van der Waals surface area contributed by atoms with E-state index >= 15 is 0 Å². The lowest BCUT2D eigenvalue weighted by atomic mass is 9.79. The van der Waals surface area contributed by atoms with Gasteiger partial charge in [0.2, 0.25) is 0 Å². The zero-order valence-electron chi connectivity index (χ0n) is 14.5. The van der Waals surface area contributed by atoms with Gasteiger partial charge in [0, 0.05) is 12.1 Å². The zero-order valence-corrected chi connectivity index (χ0v) is 14.5. The summed E-state index contributed by atoms with van der Waals surface area (Å²) in [6.45, 7) is 6.47. The molecule has 0 aliphatic heterocycles. The van der Waals surface area contributed by atoms with Crippen molar-refractivity contribution in [2.24, 2.45) is 0 Å². The van der Waals surface area contributed by atoms with Gasteiger partial charge in [0.1, 0.15) is 0 Å². The maximum Gasteiger partial charge on any atom is 0.315 e. The predicted octanol–water partition coefficient (Wildman–Crippen LogP) is 3.35. The maximum absolute atomic E-state index is 12.1. The summed E-state index contributed by atoms with van der Waals surface area (Å²) in [6.07, 6.45) is 3.97. The highest BCUT2D eigenvalue weighted by molar-refractivity contribution is 5.74. The van der Waals surface area contributed by atoms with Gasteiger partial charge < -0.3 is 15.7 Å². The molecule has 1 fully saturated rings. The number of aliphatic hydroxyl groups is 1. The number of urea groups is 1. The molecule has 0 bridgehead atoms. The van der Waals surface area contributed by atoms with Crippen LogP contribution >= 0.6 is 0 Å². The molecule has 0 saturated heterocycles. The molecule has 128 valence electrons. The Labute approximate surface area is 139 Å². The highest BCUT2D eigenvalue weighted by Gasteiger charge is 2.25. The van der Waals surface area contributed by atoms with Crippen molar-refractivity contribution in [1.29, 1.82) is 0 Å². The fourth-order valence-corrected chi connectivity index (χ4v) is 3.49. The Balaban J connectivity index is 1.79. The number of aliphatic hydroxyl groups excluding tert-OH is 1. The molecule has 1 aliphatic carbocycles. The number of nitrogens with one attached hydrogen (secondary N) is 2. The quantitative estimate of drug-likeness (QED) is 0.779. The van der Waals surface area contributed by atoms with Crippen molar-refractivity contribution < 1.29 is 9.90 Å². The van der Waals surface area contributed by atoms with E-state index in [-0.39, 0.29) is 29.6 Å². The molecule has 0 aromatic heterocycles. The number of carbonyl (C=O) groups is 1. The van der Waals surface area contributed by atoms with Crippen molar-refractivity contribution in [1.82, 2.24) is 10.6 Å². The molecule has 1 aliphatic rings. The van der Waals surface area contributed by atoms with Crippen molar-refractivity contribution in [3.8, 4) is 0 Å². The molecule has 1 aromatic carbocycles. The van der Waals surface area contributed by atoms with Crippen molar-refractivity contribution >= 4 is 6.03 Å². The third-order valence-electron chi connectivity index (χ3n) is 4.78. The molecule has 0 spiro atoms. The van der Waals surface area contributed by atoms with Crippen LogP contribution in [0.1, 0.15) is 58.4 Å². The smallest absolute Gasteiger partial charge is 0.315 e. The first-order valence-corrected chi connectivity index (χ1v) is 8.67. The number of benzene rings is 1. The summed E-state index contributed by atoms with van der Waals surface area (Å²) in [6, 6.07) is 10.6. The lowest BCUT2D eigenvalue weighted by Gasteiger charge is -2.30. The van der Waals surface area contributed by atoms with Crippen LogP contribution in [0.25, 0.3) is 0 Å². The molecule has 4 heteroatoms. The molecule has 1 aromatic rings. The number of rotatable bonds is 5. The Morgan fingerprint density at radius 1 is 1.22 bits per heavy atom. The molecule has 0 radical (unpaired) electrons. The molecule has 0 heterocycles. The summed E-state index contributed by atoms with van der Waals surface area (Å²) >= 11 is 0. The summed E-state index contributed by atoms with van der Waals surface area (Å²) < 4.78 is 0. The fraction of sp³-hybridized carbons (Fsp3) is 0.632. The van der Waals surface area contributed by atoms with E-state index in [4.69, 9.17) is 0 Å². The van der Waals surface area contributed by atoms with Crippen LogP contribution in [0.2, 0.25) is 0 Å². The minimum atomic E-state index is -0.193. The van der Waals surface area contributed by atoms with Gasteiger partial charge in [-0.05, 0) is 50.0 Å². The minimum absolute atomic E-state index is 0.0168. The molecule has 1 atom stereocenters. The van der Waals surface area contributed by atoms with E-state index in [1.807, 2.05) is 6.07 Å². The molecule has 3 N–H and O–H groups in total. The molecular weight excluding hydrogens is 288 g/mol. The van der Waals surface area contributed by atoms with Gasteiger partial charge in [0.15, 0.2) is 0 Å². The van der Waals surface area contributed by atoms with Crippen molar-refractivity contribution in [3.63, 3.8) is 0 Å². The van der Waals surface area contributed by atoms with E-state index in [1.165, 1.54) is 5.56 Å². The lowest BCUT2D eigenvalue weighted by molar-refractivity contribution is 0.117. The SMILES string of the molecule is CC(CC(C)(C)c1ccccc1)NC(=O)NC1CCC(O)CC1. The highest BCUT2D eigenvalue weighted by Crippen LogP contribution is 2.28. The molecule has 23 heavy (non-hydrogen) atoms. The van der Waals surface area contributed by atoms with Crippen LogP contribution < -0.4 is 10.6 Å². The van der Waals surface area contributed by atoms with Gasteiger partial charge in [0.25, 0.3) is 0 Å². The van der Waals surface area contributed by atoms with Crippen LogP contribution in [0.15, 0.2) is 30.3 Å². The first kappa shape index (κ1) is 17.8. The standard InChI is InChI=1S/C19H30N2O2/c1-14(13-19(2,3)15-7-5-4-6-8-15)20-18(23)21-16-9-11-17(22)12-10-16/h4-8,14,16-17,22H,9-13H2,1-3H3,(H2,20,21,23). The van der Waals surface area contributed by atoms with E-state index in [1.54, 1.807) is 0 Å². The summed E-state index contributed by atoms with van der Waals surface area (Å²) in [5.74, 6) is 0. The van der Waals surface area contributed by atoms with Gasteiger partial charge in [-0.25, -0.2) is 4.79 Å². The van der Waals surface area contributed by atoms with Crippen molar-refractivity contribution in [2.45, 2.75) is 76.5 Å². The Hall–Kier alpha value is -1.55. The number of amides is 2. The zero-order chi connectivity index (χ0) is 16.9. The van der Waals surface area contributed by atoms with Crippen molar-refractivity contribution in [3.05, 3.63) is 35.9 Å². The monoisotopic (exact) mass is 318 g/mol. The molecule has 2 amide bonds. The minimum Gasteiger partial charge on any atom is -0.393 e. The first-order valence-electron chi connectivity index (χ1n) is 8.67. The second kappa shape index (κ2) is 7.82. The average Bonchev–Trinajstić information content (AvgIpc) is 2.49. The van der Waals surface area contributed by atoms with Crippen molar-refractivity contribution in [2.75, 3.05) is 0 Å². The third kappa shape index (κ3) is 5.54. The predicted molar refractivity (Wildman–Crippen MR) is 93.5 cm³/mol. The van der Waals surface area contributed by atoms with Gasteiger partial charge in [-0.15, -0.1) is 0 Å². The van der Waals surface area contributed by atoms with Gasteiger partial charge in [0.05, 0.1) is 6.10 Å². The summed E-state index contributed by atoms with van der Waals surface area (Å²) in [5, 5.41) is 15.6. The third-order valence-corrected chi connectivity index (χ3v) is 4.78. The van der Waals surface area contributed by atoms with Crippen LogP contribution in [-0.4, -0.2) is 29.3 Å². The van der Waals surface area contributed by atoms with Crippen LogP contribution in [0.4, 0.5) is 4.79 Å². The number of hydrogen-bond acceptors (Lipinski definition) is 2. The highest BCUT2D eigenvalue weighted by atomic mass is 16.3. The van der Waals surface area contributed by atoms with Crippen LogP contribution in [-0.2, 0) is 5.41 Å². The first-order chi connectivity index (χ1) is 10.9. The van der Waals surface area contributed by atoms with Gasteiger partial charge in [-0.3, -0.25) is 0 Å². The summed E-state index contributed by atoms with van der Waals surface area (Å²) in [4.78, 5) is 12.1. The topological polar surface area (TPSA) is 61.4 Å². The molecular formula is C19H30N2O2.